The van der Waals surface area contributed by atoms with Gasteiger partial charge in [-0.05, 0) is 23.8 Å². The molecular formula is C15H12N2O2S. The van der Waals surface area contributed by atoms with Crippen LogP contribution in [-0.2, 0) is 4.79 Å². The number of hydrogen-bond donors (Lipinski definition) is 1. The Morgan fingerprint density at radius 1 is 1.20 bits per heavy atom. The van der Waals surface area contributed by atoms with Crippen LogP contribution in [0.25, 0.3) is 15.3 Å². The van der Waals surface area contributed by atoms with Gasteiger partial charge in [0.15, 0.2) is 12.1 Å². The number of benzene rings is 1. The van der Waals surface area contributed by atoms with Gasteiger partial charge in [0.25, 0.3) is 4.83 Å². The maximum absolute atomic E-state index is 12.3. The van der Waals surface area contributed by atoms with Crippen LogP contribution in [0.4, 0.5) is 5.69 Å². The van der Waals surface area contributed by atoms with Crippen LogP contribution >= 0.6 is 11.3 Å². The summed E-state index contributed by atoms with van der Waals surface area (Å²) < 4.78 is 1.64. The zero-order valence-corrected chi connectivity index (χ0v) is 11.6. The molecule has 2 heterocycles. The van der Waals surface area contributed by atoms with Crippen LogP contribution in [-0.4, -0.2) is 5.91 Å². The molecule has 20 heavy (non-hydrogen) atoms. The first kappa shape index (κ1) is 12.6. The first-order valence-corrected chi connectivity index (χ1v) is 6.95. The smallest absolute Gasteiger partial charge is 0.267 e. The van der Waals surface area contributed by atoms with Gasteiger partial charge in [0.2, 0.25) is 5.91 Å². The Hall–Kier alpha value is -2.40. The second-order valence-electron chi connectivity index (χ2n) is 4.40. The van der Waals surface area contributed by atoms with Crippen LogP contribution in [0.3, 0.4) is 0 Å². The maximum Gasteiger partial charge on any atom is 0.267 e. The van der Waals surface area contributed by atoms with Gasteiger partial charge in [-0.25, -0.2) is 0 Å². The van der Waals surface area contributed by atoms with Crippen molar-refractivity contribution in [1.82, 2.24) is 0 Å². The Bertz CT molecular complexity index is 778. The zero-order valence-electron chi connectivity index (χ0n) is 10.8. The summed E-state index contributed by atoms with van der Waals surface area (Å²) in [6.45, 7) is 1.46. The molecule has 0 bridgehead atoms. The summed E-state index contributed by atoms with van der Waals surface area (Å²) in [4.78, 5) is 12.6. The van der Waals surface area contributed by atoms with E-state index in [1.165, 1.54) is 18.3 Å². The summed E-state index contributed by atoms with van der Waals surface area (Å²) in [6, 6.07) is 13.0. The molecule has 1 N–H and O–H groups in total. The summed E-state index contributed by atoms with van der Waals surface area (Å²) in [5, 5.41) is 15.0. The maximum atomic E-state index is 12.3. The standard InChI is InChI=1S/C15H12N2O2S/c1-10(18)16-12-7-5-11(6-8-12)14-15(19)17-9-3-2-4-13(17)20-14/h2-9H,1H3,(H-,16,18,19). The number of carbonyl (C=O) groups excluding carboxylic acids is 1. The third-order valence-electron chi connectivity index (χ3n) is 2.91. The summed E-state index contributed by atoms with van der Waals surface area (Å²) in [6.07, 6.45) is 1.77. The highest BCUT2D eigenvalue weighted by atomic mass is 32.1. The zero-order chi connectivity index (χ0) is 14.1. The minimum atomic E-state index is -0.111. The van der Waals surface area contributed by atoms with Crippen molar-refractivity contribution in [2.24, 2.45) is 0 Å². The molecule has 2 aromatic heterocycles. The van der Waals surface area contributed by atoms with E-state index in [9.17, 15) is 9.90 Å². The van der Waals surface area contributed by atoms with Crippen LogP contribution < -0.4 is 14.8 Å². The van der Waals surface area contributed by atoms with E-state index in [2.05, 4.69) is 5.32 Å². The third kappa shape index (κ3) is 2.23. The molecule has 0 saturated carbocycles. The Balaban J connectivity index is 2.02. The SMILES string of the molecule is CC(=O)Nc1ccc(-c2sc3cccc[n+]3c2[O-])cc1. The lowest BCUT2D eigenvalue weighted by molar-refractivity contribution is -0.580. The van der Waals surface area contributed by atoms with Gasteiger partial charge in [0.05, 0.1) is 4.88 Å². The van der Waals surface area contributed by atoms with E-state index in [-0.39, 0.29) is 11.8 Å². The molecule has 5 heteroatoms. The topological polar surface area (TPSA) is 56.3 Å². The molecule has 1 amide bonds. The minimum Gasteiger partial charge on any atom is -0.822 e. The molecule has 0 saturated heterocycles. The van der Waals surface area contributed by atoms with Crippen molar-refractivity contribution in [3.63, 3.8) is 0 Å². The molecule has 0 unspecified atom stereocenters. The first-order valence-electron chi connectivity index (χ1n) is 6.13. The lowest BCUT2D eigenvalue weighted by atomic mass is 10.2. The molecule has 0 aliphatic rings. The highest BCUT2D eigenvalue weighted by Gasteiger charge is 2.14. The molecule has 3 rings (SSSR count). The molecule has 0 aliphatic heterocycles. The number of hydrogen-bond acceptors (Lipinski definition) is 3. The third-order valence-corrected chi connectivity index (χ3v) is 4.07. The number of pyridine rings is 1. The van der Waals surface area contributed by atoms with Crippen LogP contribution in [0.1, 0.15) is 6.92 Å². The van der Waals surface area contributed by atoms with Gasteiger partial charge in [-0.2, -0.15) is 4.40 Å². The van der Waals surface area contributed by atoms with E-state index in [1.54, 1.807) is 22.7 Å². The van der Waals surface area contributed by atoms with Gasteiger partial charge in [-0.1, -0.05) is 23.5 Å². The van der Waals surface area contributed by atoms with Crippen LogP contribution in [0.5, 0.6) is 5.88 Å². The second kappa shape index (κ2) is 4.94. The minimum absolute atomic E-state index is 0.0159. The Morgan fingerprint density at radius 2 is 1.95 bits per heavy atom. The number of aromatic nitrogens is 1. The Kier molecular flexibility index (Phi) is 3.12. The van der Waals surface area contributed by atoms with Crippen molar-refractivity contribution < 1.29 is 14.3 Å². The molecule has 4 nitrogen and oxygen atoms in total. The van der Waals surface area contributed by atoms with Crippen molar-refractivity contribution in [2.75, 3.05) is 5.32 Å². The van der Waals surface area contributed by atoms with E-state index < -0.39 is 0 Å². The highest BCUT2D eigenvalue weighted by Crippen LogP contribution is 2.32. The average molecular weight is 284 g/mol. The largest absolute Gasteiger partial charge is 0.822 e. The molecular weight excluding hydrogens is 272 g/mol. The molecule has 100 valence electrons. The molecule has 1 aromatic carbocycles. The summed E-state index contributed by atoms with van der Waals surface area (Å²) in [5.74, 6) is -0.127. The van der Waals surface area contributed by atoms with Crippen molar-refractivity contribution in [3.05, 3.63) is 48.7 Å². The van der Waals surface area contributed by atoms with Gasteiger partial charge in [-0.15, -0.1) is 0 Å². The number of anilines is 1. The molecule has 0 spiro atoms. The quantitative estimate of drug-likeness (QED) is 0.733. The fraction of sp³-hybridized carbons (Fsp3) is 0.0667. The monoisotopic (exact) mass is 284 g/mol. The summed E-state index contributed by atoms with van der Waals surface area (Å²) >= 11 is 1.46. The van der Waals surface area contributed by atoms with Crippen LogP contribution in [0, 0.1) is 0 Å². The van der Waals surface area contributed by atoms with Gasteiger partial charge in [0, 0.05) is 24.7 Å². The molecule has 0 aliphatic carbocycles. The molecule has 3 aromatic rings. The summed E-state index contributed by atoms with van der Waals surface area (Å²) in [5.41, 5.74) is 1.58. The van der Waals surface area contributed by atoms with Crippen molar-refractivity contribution in [2.45, 2.75) is 6.92 Å². The molecule has 0 radical (unpaired) electrons. The first-order chi connectivity index (χ1) is 9.65. The summed E-state index contributed by atoms with van der Waals surface area (Å²) in [7, 11) is 0. The fourth-order valence-corrected chi connectivity index (χ4v) is 3.06. The van der Waals surface area contributed by atoms with Gasteiger partial charge in [0.1, 0.15) is 0 Å². The van der Waals surface area contributed by atoms with Crippen molar-refractivity contribution in [1.29, 1.82) is 0 Å². The molecule has 0 fully saturated rings. The lowest BCUT2D eigenvalue weighted by Gasteiger charge is -2.04. The van der Waals surface area contributed by atoms with Gasteiger partial charge < -0.3 is 10.4 Å². The van der Waals surface area contributed by atoms with Gasteiger partial charge >= 0.3 is 0 Å². The van der Waals surface area contributed by atoms with Crippen LogP contribution in [0.15, 0.2) is 48.7 Å². The number of nitrogens with zero attached hydrogens (tertiary/aromatic N) is 1. The predicted molar refractivity (Wildman–Crippen MR) is 76.7 cm³/mol. The normalized spacial score (nSPS) is 10.7. The highest BCUT2D eigenvalue weighted by molar-refractivity contribution is 7.20. The fourth-order valence-electron chi connectivity index (χ4n) is 2.03. The molecule has 0 atom stereocenters. The van der Waals surface area contributed by atoms with E-state index in [0.29, 0.717) is 4.88 Å². The predicted octanol–water partition coefficient (Wildman–Crippen LogP) is 2.19. The Morgan fingerprint density at radius 3 is 2.60 bits per heavy atom. The lowest BCUT2D eigenvalue weighted by Crippen LogP contribution is -2.22. The average Bonchev–Trinajstić information content (AvgIpc) is 2.77. The number of fused-ring (bicyclic) bond motifs is 1. The number of nitrogens with one attached hydrogen (secondary N) is 1. The van der Waals surface area contributed by atoms with Crippen molar-refractivity contribution in [3.8, 4) is 16.3 Å². The second-order valence-corrected chi connectivity index (χ2v) is 5.43. The number of amides is 1. The number of thiazole rings is 1. The van der Waals surface area contributed by atoms with Crippen LogP contribution in [0.2, 0.25) is 0 Å². The van der Waals surface area contributed by atoms with E-state index in [0.717, 1.165) is 16.1 Å². The van der Waals surface area contributed by atoms with E-state index in [4.69, 9.17) is 0 Å². The van der Waals surface area contributed by atoms with E-state index >= 15 is 0 Å². The van der Waals surface area contributed by atoms with Gasteiger partial charge in [-0.3, -0.25) is 4.79 Å². The number of rotatable bonds is 2. The number of carbonyl (C=O) groups is 1. The Labute approximate surface area is 119 Å². The van der Waals surface area contributed by atoms with E-state index in [1.807, 2.05) is 30.3 Å². The van der Waals surface area contributed by atoms with Crippen molar-refractivity contribution >= 4 is 27.8 Å².